The van der Waals surface area contributed by atoms with Gasteiger partial charge in [0.2, 0.25) is 21.8 Å². The number of halogens is 1. The first-order valence-corrected chi connectivity index (χ1v) is 17.3. The molecule has 8 nitrogen and oxygen atoms in total. The molecular weight excluding hydrogens is 617 g/mol. The number of aryl methyl sites for hydroxylation is 1. The SMILES string of the molecule is COc1ccc(CCNC(=O)C(c2ccccc2)N(Cc2ccc(F)cc2)C(=O)CCc2ccc(S(=O)(=O)N3CCCC3)cc2)cc1. The van der Waals surface area contributed by atoms with E-state index in [0.29, 0.717) is 43.6 Å². The van der Waals surface area contributed by atoms with Crippen LogP contribution < -0.4 is 10.1 Å². The third-order valence-electron chi connectivity index (χ3n) is 8.39. The predicted molar refractivity (Wildman–Crippen MR) is 179 cm³/mol. The normalized spacial score (nSPS) is 14.0. The van der Waals surface area contributed by atoms with Crippen LogP contribution in [-0.4, -0.2) is 56.2 Å². The number of nitrogens with one attached hydrogen (secondary N) is 1. The lowest BCUT2D eigenvalue weighted by atomic mass is 10.0. The number of ether oxygens (including phenoxy) is 1. The molecule has 47 heavy (non-hydrogen) atoms. The Labute approximate surface area is 276 Å². The van der Waals surface area contributed by atoms with Gasteiger partial charge in [0.05, 0.1) is 12.0 Å². The van der Waals surface area contributed by atoms with Crippen molar-refractivity contribution in [1.82, 2.24) is 14.5 Å². The van der Waals surface area contributed by atoms with Gasteiger partial charge >= 0.3 is 0 Å². The van der Waals surface area contributed by atoms with Gasteiger partial charge in [-0.25, -0.2) is 12.8 Å². The van der Waals surface area contributed by atoms with Crippen molar-refractivity contribution in [3.63, 3.8) is 0 Å². The maximum atomic E-state index is 14.0. The van der Waals surface area contributed by atoms with Gasteiger partial charge in [-0.1, -0.05) is 66.7 Å². The van der Waals surface area contributed by atoms with Gasteiger partial charge < -0.3 is 15.0 Å². The highest BCUT2D eigenvalue weighted by molar-refractivity contribution is 7.89. The van der Waals surface area contributed by atoms with Crippen molar-refractivity contribution in [1.29, 1.82) is 0 Å². The van der Waals surface area contributed by atoms with Crippen molar-refractivity contribution in [2.45, 2.75) is 49.6 Å². The van der Waals surface area contributed by atoms with Crippen LogP contribution in [0.5, 0.6) is 5.75 Å². The summed E-state index contributed by atoms with van der Waals surface area (Å²) in [5.41, 5.74) is 3.17. The van der Waals surface area contributed by atoms with Crippen LogP contribution in [-0.2, 0) is 39.0 Å². The average molecular weight is 658 g/mol. The zero-order chi connectivity index (χ0) is 33.2. The number of hydrogen-bond acceptors (Lipinski definition) is 5. The minimum absolute atomic E-state index is 0.0852. The Morgan fingerprint density at radius 1 is 0.830 bits per heavy atom. The first kappa shape index (κ1) is 33.8. The third kappa shape index (κ3) is 8.84. The van der Waals surface area contributed by atoms with E-state index in [2.05, 4.69) is 5.32 Å². The van der Waals surface area contributed by atoms with E-state index in [4.69, 9.17) is 4.74 Å². The second-order valence-electron chi connectivity index (χ2n) is 11.6. The number of nitrogens with zero attached hydrogens (tertiary/aromatic N) is 2. The number of sulfonamides is 1. The number of amides is 2. The highest BCUT2D eigenvalue weighted by Crippen LogP contribution is 2.26. The molecule has 0 radical (unpaired) electrons. The molecule has 4 aromatic carbocycles. The molecule has 1 atom stereocenters. The van der Waals surface area contributed by atoms with Gasteiger partial charge in [-0.15, -0.1) is 0 Å². The fourth-order valence-corrected chi connectivity index (χ4v) is 7.25. The summed E-state index contributed by atoms with van der Waals surface area (Å²) in [6, 6.07) is 28.4. The monoisotopic (exact) mass is 657 g/mol. The molecule has 5 rings (SSSR count). The van der Waals surface area contributed by atoms with Crippen LogP contribution in [0.2, 0.25) is 0 Å². The van der Waals surface area contributed by atoms with Gasteiger partial charge in [-0.2, -0.15) is 4.31 Å². The predicted octanol–water partition coefficient (Wildman–Crippen LogP) is 5.68. The summed E-state index contributed by atoms with van der Waals surface area (Å²) in [6.45, 7) is 1.51. The third-order valence-corrected chi connectivity index (χ3v) is 10.3. The van der Waals surface area contributed by atoms with Crippen molar-refractivity contribution in [2.24, 2.45) is 0 Å². The number of methoxy groups -OCH3 is 1. The quantitative estimate of drug-likeness (QED) is 0.188. The molecule has 0 bridgehead atoms. The molecule has 10 heteroatoms. The summed E-state index contributed by atoms with van der Waals surface area (Å²) < 4.78 is 46.4. The van der Waals surface area contributed by atoms with Crippen molar-refractivity contribution >= 4 is 21.8 Å². The Hall–Kier alpha value is -4.54. The van der Waals surface area contributed by atoms with Crippen molar-refractivity contribution in [3.8, 4) is 5.75 Å². The molecule has 1 aliphatic heterocycles. The van der Waals surface area contributed by atoms with Crippen molar-refractivity contribution in [2.75, 3.05) is 26.7 Å². The Bertz CT molecular complexity index is 1730. The number of rotatable bonds is 14. The van der Waals surface area contributed by atoms with Crippen molar-refractivity contribution in [3.05, 3.63) is 131 Å². The molecule has 0 aromatic heterocycles. The maximum Gasteiger partial charge on any atom is 0.247 e. The number of hydrogen-bond donors (Lipinski definition) is 1. The van der Waals surface area contributed by atoms with Crippen LogP contribution in [0.25, 0.3) is 0 Å². The molecule has 1 aliphatic rings. The second kappa shape index (κ2) is 15.8. The van der Waals surface area contributed by atoms with Gasteiger partial charge in [0, 0.05) is 32.6 Å². The number of benzene rings is 4. The smallest absolute Gasteiger partial charge is 0.247 e. The Balaban J connectivity index is 1.34. The van der Waals surface area contributed by atoms with E-state index in [-0.39, 0.29) is 29.7 Å². The Morgan fingerprint density at radius 2 is 1.43 bits per heavy atom. The van der Waals surface area contributed by atoms with Gasteiger partial charge in [0.25, 0.3) is 0 Å². The minimum Gasteiger partial charge on any atom is -0.497 e. The lowest BCUT2D eigenvalue weighted by Crippen LogP contribution is -2.44. The molecule has 2 amide bonds. The van der Waals surface area contributed by atoms with E-state index < -0.39 is 21.9 Å². The zero-order valence-electron chi connectivity index (χ0n) is 26.5. The lowest BCUT2D eigenvalue weighted by Gasteiger charge is -2.32. The first-order chi connectivity index (χ1) is 22.7. The highest BCUT2D eigenvalue weighted by Gasteiger charge is 2.31. The van der Waals surface area contributed by atoms with Crippen LogP contribution >= 0.6 is 0 Å². The van der Waals surface area contributed by atoms with Crippen LogP contribution in [0.1, 0.15) is 47.6 Å². The second-order valence-corrected chi connectivity index (χ2v) is 13.5. The molecular formula is C37H40FN3O5S. The number of carbonyl (C=O) groups is 2. The molecule has 1 saturated heterocycles. The molecule has 0 aliphatic carbocycles. The zero-order valence-corrected chi connectivity index (χ0v) is 27.3. The molecule has 0 saturated carbocycles. The van der Waals surface area contributed by atoms with Crippen LogP contribution in [0.3, 0.4) is 0 Å². The summed E-state index contributed by atoms with van der Waals surface area (Å²) in [7, 11) is -1.93. The summed E-state index contributed by atoms with van der Waals surface area (Å²) in [6.07, 6.45) is 2.74. The summed E-state index contributed by atoms with van der Waals surface area (Å²) in [4.78, 5) is 29.7. The molecule has 1 fully saturated rings. The first-order valence-electron chi connectivity index (χ1n) is 15.8. The van der Waals surface area contributed by atoms with Crippen LogP contribution in [0.4, 0.5) is 4.39 Å². The Kier molecular flexibility index (Phi) is 11.4. The highest BCUT2D eigenvalue weighted by atomic mass is 32.2. The van der Waals surface area contributed by atoms with Gasteiger partial charge in [-0.3, -0.25) is 9.59 Å². The number of carbonyl (C=O) groups excluding carboxylic acids is 2. The van der Waals surface area contributed by atoms with Gasteiger partial charge in [-0.05, 0) is 84.3 Å². The van der Waals surface area contributed by atoms with Crippen LogP contribution in [0.15, 0.2) is 108 Å². The summed E-state index contributed by atoms with van der Waals surface area (Å²) in [5, 5.41) is 3.02. The Morgan fingerprint density at radius 3 is 2.06 bits per heavy atom. The van der Waals surface area contributed by atoms with E-state index >= 15 is 0 Å². The topological polar surface area (TPSA) is 96.0 Å². The van der Waals surface area contributed by atoms with E-state index in [9.17, 15) is 22.4 Å². The van der Waals surface area contributed by atoms with E-state index in [1.165, 1.54) is 21.3 Å². The fraction of sp³-hybridized carbons (Fsp3) is 0.297. The lowest BCUT2D eigenvalue weighted by molar-refractivity contribution is -0.141. The fourth-order valence-electron chi connectivity index (χ4n) is 5.74. The minimum atomic E-state index is -3.54. The maximum absolute atomic E-state index is 14.0. The molecule has 1 N–H and O–H groups in total. The molecule has 1 heterocycles. The van der Waals surface area contributed by atoms with Gasteiger partial charge in [0.1, 0.15) is 17.6 Å². The molecule has 1 unspecified atom stereocenters. The van der Waals surface area contributed by atoms with Gasteiger partial charge in [0.15, 0.2) is 0 Å². The summed E-state index contributed by atoms with van der Waals surface area (Å²) >= 11 is 0. The summed E-state index contributed by atoms with van der Waals surface area (Å²) in [5.74, 6) is -0.225. The molecule has 4 aromatic rings. The van der Waals surface area contributed by atoms with E-state index in [1.54, 1.807) is 43.5 Å². The molecule has 0 spiro atoms. The molecule has 246 valence electrons. The van der Waals surface area contributed by atoms with E-state index in [0.717, 1.165) is 29.7 Å². The van der Waals surface area contributed by atoms with Crippen molar-refractivity contribution < 1.29 is 27.1 Å². The largest absolute Gasteiger partial charge is 0.497 e. The van der Waals surface area contributed by atoms with E-state index in [1.807, 2.05) is 54.6 Å². The average Bonchev–Trinajstić information content (AvgIpc) is 3.65. The van der Waals surface area contributed by atoms with Crippen LogP contribution in [0, 0.1) is 5.82 Å². The standard InChI is InChI=1S/C37H40FN3O5S/c1-46-33-18-11-29(12-19-33)23-24-39-37(43)36(31-7-3-2-4-8-31)41(27-30-9-16-32(38)17-10-30)35(42)22-15-28-13-20-34(21-14-28)47(44,45)40-25-5-6-26-40/h2-4,7-14,16-21,36H,5-6,15,22-27H2,1H3,(H,39,43).